The van der Waals surface area contributed by atoms with E-state index < -0.39 is 0 Å². The molecule has 0 saturated heterocycles. The van der Waals surface area contributed by atoms with Gasteiger partial charge in [0.25, 0.3) is 0 Å². The average molecular weight is 805 g/mol. The monoisotopic (exact) mass is 804 g/mol. The molecule has 0 saturated carbocycles. The summed E-state index contributed by atoms with van der Waals surface area (Å²) in [5, 5.41) is 8.94. The van der Waals surface area contributed by atoms with Crippen molar-refractivity contribution in [1.82, 2.24) is 0 Å². The van der Waals surface area contributed by atoms with Crippen LogP contribution in [0.25, 0.3) is 65.4 Å². The van der Waals surface area contributed by atoms with Gasteiger partial charge < -0.3 is 18.6 Å². The Morgan fingerprint density at radius 3 is 1.00 bits per heavy atom. The highest BCUT2D eigenvalue weighted by Gasteiger charge is 2.20. The van der Waals surface area contributed by atoms with Crippen molar-refractivity contribution in [3.05, 3.63) is 190 Å². The summed E-state index contributed by atoms with van der Waals surface area (Å²) in [7, 11) is 0. The van der Waals surface area contributed by atoms with Crippen molar-refractivity contribution in [2.24, 2.45) is 0 Å². The van der Waals surface area contributed by atoms with Gasteiger partial charge in [-0.25, -0.2) is 0 Å². The molecule has 0 aliphatic carbocycles. The Morgan fingerprint density at radius 1 is 0.274 bits per heavy atom. The maximum Gasteiger partial charge on any atom is 0.139 e. The predicted molar refractivity (Wildman–Crippen MR) is 263 cm³/mol. The Hall–Kier alpha value is -7.30. The van der Waals surface area contributed by atoms with E-state index in [0.717, 1.165) is 88.8 Å². The van der Waals surface area contributed by atoms with Crippen molar-refractivity contribution >= 4 is 99.5 Å². The number of rotatable bonds is 6. The molecular weight excluding hydrogens is 757 g/mol. The summed E-state index contributed by atoms with van der Waals surface area (Å²) in [6.45, 7) is 17.5. The molecule has 4 nitrogen and oxygen atoms in total. The highest BCUT2D eigenvalue weighted by molar-refractivity contribution is 6.18. The van der Waals surface area contributed by atoms with Crippen LogP contribution in [0.3, 0.4) is 0 Å². The molecule has 0 aliphatic rings. The number of anilines is 6. The molecule has 0 atom stereocenters. The highest BCUT2D eigenvalue weighted by atomic mass is 16.3. The van der Waals surface area contributed by atoms with Crippen molar-refractivity contribution in [2.45, 2.75) is 55.4 Å². The van der Waals surface area contributed by atoms with Crippen LogP contribution in [0.5, 0.6) is 0 Å². The van der Waals surface area contributed by atoms with Gasteiger partial charge in [0.1, 0.15) is 22.3 Å². The summed E-state index contributed by atoms with van der Waals surface area (Å²) in [5.41, 5.74) is 20.4. The Kier molecular flexibility index (Phi) is 8.59. The number of benzene rings is 9. The molecule has 9 aromatic carbocycles. The van der Waals surface area contributed by atoms with Crippen LogP contribution in [0.2, 0.25) is 0 Å². The number of hydrogen-bond acceptors (Lipinski definition) is 4. The maximum absolute atomic E-state index is 6.65. The first kappa shape index (κ1) is 37.7. The lowest BCUT2D eigenvalue weighted by Crippen LogP contribution is -2.11. The van der Waals surface area contributed by atoms with E-state index in [9.17, 15) is 0 Å². The molecule has 4 heteroatoms. The summed E-state index contributed by atoms with van der Waals surface area (Å²) in [6.07, 6.45) is 0. The average Bonchev–Trinajstić information content (AvgIpc) is 3.79. The fourth-order valence-corrected chi connectivity index (χ4v) is 9.35. The number of fused-ring (bicyclic) bond motifs is 8. The SMILES string of the molecule is Cc1ccc(N(c2cc(C)c(C)c(C)c2)c2ccc3cc4c(cc3c2)oc2cc3oc5cc6cc(N(c7ccc(C)cc7)c7cc(C)c(C)c(C)c7)ccc6cc5c3cc24)cc1. The van der Waals surface area contributed by atoms with E-state index in [1.165, 1.54) is 55.3 Å². The minimum Gasteiger partial charge on any atom is -0.456 e. The molecule has 0 unspecified atom stereocenters. The van der Waals surface area contributed by atoms with Crippen molar-refractivity contribution < 1.29 is 8.83 Å². The topological polar surface area (TPSA) is 32.8 Å². The Balaban J connectivity index is 1.00. The van der Waals surface area contributed by atoms with Crippen LogP contribution in [0.1, 0.15) is 44.5 Å². The molecule has 0 amide bonds. The molecule has 0 aliphatic heterocycles. The van der Waals surface area contributed by atoms with E-state index in [0.29, 0.717) is 0 Å². The molecule has 11 aromatic rings. The third kappa shape index (κ3) is 6.20. The Morgan fingerprint density at radius 2 is 0.613 bits per heavy atom. The van der Waals surface area contributed by atoms with Crippen LogP contribution in [0.4, 0.5) is 34.1 Å². The summed E-state index contributed by atoms with van der Waals surface area (Å²) >= 11 is 0. The van der Waals surface area contributed by atoms with Crippen LogP contribution >= 0.6 is 0 Å². The number of hydrogen-bond donors (Lipinski definition) is 0. The first-order valence-electron chi connectivity index (χ1n) is 21.6. The van der Waals surface area contributed by atoms with Gasteiger partial charge in [0.15, 0.2) is 0 Å². The molecular formula is C58H48N2O2. The first-order valence-corrected chi connectivity index (χ1v) is 21.6. The van der Waals surface area contributed by atoms with Gasteiger partial charge in [-0.3, -0.25) is 0 Å². The lowest BCUT2D eigenvalue weighted by Gasteiger charge is -2.27. The van der Waals surface area contributed by atoms with Gasteiger partial charge in [-0.15, -0.1) is 0 Å². The van der Waals surface area contributed by atoms with Crippen molar-refractivity contribution in [2.75, 3.05) is 9.80 Å². The third-order valence-corrected chi connectivity index (χ3v) is 13.4. The van der Waals surface area contributed by atoms with E-state index in [1.807, 2.05) is 0 Å². The smallest absolute Gasteiger partial charge is 0.139 e. The van der Waals surface area contributed by atoms with Crippen molar-refractivity contribution in [1.29, 1.82) is 0 Å². The quantitative estimate of drug-likeness (QED) is 0.168. The largest absolute Gasteiger partial charge is 0.456 e. The van der Waals surface area contributed by atoms with Crippen LogP contribution in [-0.4, -0.2) is 0 Å². The molecule has 0 radical (unpaired) electrons. The summed E-state index contributed by atoms with van der Waals surface area (Å²) in [5.74, 6) is 0. The minimum absolute atomic E-state index is 0.818. The Labute approximate surface area is 362 Å². The maximum atomic E-state index is 6.65. The summed E-state index contributed by atoms with van der Waals surface area (Å²) < 4.78 is 13.3. The van der Waals surface area contributed by atoms with E-state index in [4.69, 9.17) is 8.83 Å². The molecule has 2 heterocycles. The van der Waals surface area contributed by atoms with Gasteiger partial charge in [0.2, 0.25) is 0 Å². The zero-order valence-electron chi connectivity index (χ0n) is 36.6. The van der Waals surface area contributed by atoms with Gasteiger partial charge in [0.05, 0.1) is 0 Å². The zero-order chi connectivity index (χ0) is 42.6. The normalized spacial score (nSPS) is 11.9. The fraction of sp³-hybridized carbons (Fsp3) is 0.138. The molecule has 0 spiro atoms. The first-order chi connectivity index (χ1) is 29.9. The predicted octanol–water partition coefficient (Wildman–Crippen LogP) is 17.2. The summed E-state index contributed by atoms with van der Waals surface area (Å²) in [4.78, 5) is 4.72. The minimum atomic E-state index is 0.818. The molecule has 62 heavy (non-hydrogen) atoms. The van der Waals surface area contributed by atoms with E-state index >= 15 is 0 Å². The summed E-state index contributed by atoms with van der Waals surface area (Å²) in [6, 6.07) is 53.5. The molecule has 0 N–H and O–H groups in total. The second kappa shape index (κ2) is 14.1. The third-order valence-electron chi connectivity index (χ3n) is 13.4. The molecule has 11 rings (SSSR count). The van der Waals surface area contributed by atoms with E-state index in [-0.39, 0.29) is 0 Å². The zero-order valence-corrected chi connectivity index (χ0v) is 36.6. The number of furan rings is 2. The molecule has 0 fully saturated rings. The standard InChI is InChI=1S/C58H48N2O2/c1-33-9-15-45(16-10-33)59(49-21-35(3)39(7)36(4)22-49)47-19-13-41-27-51-53-31-54-52-28-42-14-20-48(60(46-17-11-34(2)12-18-46)50-23-37(5)40(8)38(6)24-50)26-44(42)30-56(52)62-58(54)32-57(53)61-55(51)29-43(41)25-47/h9-32H,1-8H3. The van der Waals surface area contributed by atoms with Gasteiger partial charge in [0, 0.05) is 61.7 Å². The number of aryl methyl sites for hydroxylation is 6. The van der Waals surface area contributed by atoms with Crippen molar-refractivity contribution in [3.63, 3.8) is 0 Å². The van der Waals surface area contributed by atoms with Gasteiger partial charge in [-0.2, -0.15) is 0 Å². The lowest BCUT2D eigenvalue weighted by molar-refractivity contribution is 0.656. The molecule has 0 bridgehead atoms. The van der Waals surface area contributed by atoms with Crippen LogP contribution in [0, 0.1) is 55.4 Å². The van der Waals surface area contributed by atoms with Crippen LogP contribution in [-0.2, 0) is 0 Å². The Bertz CT molecular complexity index is 3320. The fourth-order valence-electron chi connectivity index (χ4n) is 9.35. The molecule has 302 valence electrons. The van der Waals surface area contributed by atoms with Crippen LogP contribution < -0.4 is 9.80 Å². The van der Waals surface area contributed by atoms with E-state index in [1.54, 1.807) is 0 Å². The molecule has 2 aromatic heterocycles. The number of nitrogens with zero attached hydrogens (tertiary/aromatic N) is 2. The van der Waals surface area contributed by atoms with E-state index in [2.05, 4.69) is 211 Å². The van der Waals surface area contributed by atoms with Gasteiger partial charge in [-0.1, -0.05) is 47.5 Å². The second-order valence-electron chi connectivity index (χ2n) is 17.6. The second-order valence-corrected chi connectivity index (χ2v) is 17.6. The highest BCUT2D eigenvalue weighted by Crippen LogP contribution is 2.43. The lowest BCUT2D eigenvalue weighted by atomic mass is 10.0. The van der Waals surface area contributed by atoms with Crippen LogP contribution in [0.15, 0.2) is 154 Å². The van der Waals surface area contributed by atoms with Gasteiger partial charge >= 0.3 is 0 Å². The van der Waals surface area contributed by atoms with Gasteiger partial charge in [-0.05, 0) is 213 Å². The van der Waals surface area contributed by atoms with Crippen molar-refractivity contribution in [3.8, 4) is 0 Å².